The molecule has 0 fully saturated rings. The molecule has 152 valence electrons. The molecule has 0 aliphatic carbocycles. The van der Waals surface area contributed by atoms with Gasteiger partial charge in [0.25, 0.3) is 5.69 Å². The van der Waals surface area contributed by atoms with Crippen LogP contribution in [0.2, 0.25) is 0 Å². The maximum atomic E-state index is 11.1. The number of nitrogens with zero attached hydrogens (tertiary/aromatic N) is 4. The summed E-state index contributed by atoms with van der Waals surface area (Å²) in [6.45, 7) is 4.37. The average Bonchev–Trinajstić information content (AvgIpc) is 2.69. The van der Waals surface area contributed by atoms with Crippen molar-refractivity contribution in [2.24, 2.45) is 0 Å². The van der Waals surface area contributed by atoms with Gasteiger partial charge in [0, 0.05) is 25.2 Å². The van der Waals surface area contributed by atoms with Gasteiger partial charge in [0.2, 0.25) is 0 Å². The molecule has 1 aromatic heterocycles. The SMILES string of the molecule is Cc1ccccc1CNc1nc2ccc([N+](=O)[O-])cc2nc1NCCCN(C)C. The Morgan fingerprint density at radius 2 is 1.76 bits per heavy atom. The lowest BCUT2D eigenvalue weighted by Crippen LogP contribution is -2.17. The molecule has 0 radical (unpaired) electrons. The molecular weight excluding hydrogens is 368 g/mol. The van der Waals surface area contributed by atoms with Crippen LogP contribution in [0.4, 0.5) is 17.3 Å². The number of non-ortho nitro benzene ring substituents is 1. The van der Waals surface area contributed by atoms with Gasteiger partial charge in [0.15, 0.2) is 11.6 Å². The third-order valence-corrected chi connectivity index (χ3v) is 4.64. The molecule has 3 rings (SSSR count). The van der Waals surface area contributed by atoms with Gasteiger partial charge in [-0.3, -0.25) is 10.1 Å². The summed E-state index contributed by atoms with van der Waals surface area (Å²) in [5, 5.41) is 17.8. The maximum absolute atomic E-state index is 11.1. The molecule has 1 heterocycles. The smallest absolute Gasteiger partial charge is 0.271 e. The molecule has 8 nitrogen and oxygen atoms in total. The number of fused-ring (bicyclic) bond motifs is 1. The van der Waals surface area contributed by atoms with Gasteiger partial charge in [-0.1, -0.05) is 24.3 Å². The number of nitro benzene ring substituents is 1. The van der Waals surface area contributed by atoms with E-state index in [4.69, 9.17) is 0 Å². The van der Waals surface area contributed by atoms with Crippen LogP contribution in [0.25, 0.3) is 11.0 Å². The third-order valence-electron chi connectivity index (χ3n) is 4.64. The minimum absolute atomic E-state index is 0.00553. The van der Waals surface area contributed by atoms with Crippen molar-refractivity contribution in [1.29, 1.82) is 0 Å². The Morgan fingerprint density at radius 3 is 2.48 bits per heavy atom. The van der Waals surface area contributed by atoms with Gasteiger partial charge in [-0.2, -0.15) is 0 Å². The first-order valence-electron chi connectivity index (χ1n) is 9.57. The Hall–Kier alpha value is -3.26. The zero-order valence-corrected chi connectivity index (χ0v) is 17.0. The molecule has 0 aliphatic rings. The summed E-state index contributed by atoms with van der Waals surface area (Å²) in [6, 6.07) is 12.7. The maximum Gasteiger partial charge on any atom is 0.271 e. The van der Waals surface area contributed by atoms with E-state index in [2.05, 4.69) is 44.6 Å². The van der Waals surface area contributed by atoms with Crippen molar-refractivity contribution in [2.45, 2.75) is 19.9 Å². The van der Waals surface area contributed by atoms with Gasteiger partial charge < -0.3 is 15.5 Å². The van der Waals surface area contributed by atoms with Crippen molar-refractivity contribution in [1.82, 2.24) is 14.9 Å². The molecule has 0 spiro atoms. The van der Waals surface area contributed by atoms with Crippen LogP contribution in [0.3, 0.4) is 0 Å². The molecule has 0 saturated heterocycles. The van der Waals surface area contributed by atoms with Crippen LogP contribution in [-0.4, -0.2) is 47.0 Å². The minimum atomic E-state index is -0.421. The first-order chi connectivity index (χ1) is 13.9. The number of hydrogen-bond donors (Lipinski definition) is 2. The molecule has 0 saturated carbocycles. The second-order valence-corrected chi connectivity index (χ2v) is 7.21. The van der Waals surface area contributed by atoms with Gasteiger partial charge >= 0.3 is 0 Å². The van der Waals surface area contributed by atoms with Crippen LogP contribution in [0.15, 0.2) is 42.5 Å². The Bertz CT molecular complexity index is 1010. The number of hydrogen-bond acceptors (Lipinski definition) is 7. The van der Waals surface area contributed by atoms with E-state index in [9.17, 15) is 10.1 Å². The zero-order chi connectivity index (χ0) is 20.8. The number of rotatable bonds is 9. The van der Waals surface area contributed by atoms with Crippen LogP contribution in [-0.2, 0) is 6.54 Å². The van der Waals surface area contributed by atoms with Gasteiger partial charge in [-0.25, -0.2) is 9.97 Å². The van der Waals surface area contributed by atoms with Gasteiger partial charge in [0.05, 0.1) is 16.0 Å². The summed E-state index contributed by atoms with van der Waals surface area (Å²) in [6.07, 6.45) is 0.943. The predicted octanol–water partition coefficient (Wildman–Crippen LogP) is 3.82. The lowest BCUT2D eigenvalue weighted by atomic mass is 10.1. The van der Waals surface area contributed by atoms with Crippen molar-refractivity contribution in [3.8, 4) is 0 Å². The predicted molar refractivity (Wildman–Crippen MR) is 116 cm³/mol. The molecule has 29 heavy (non-hydrogen) atoms. The zero-order valence-electron chi connectivity index (χ0n) is 17.0. The first kappa shape index (κ1) is 20.5. The third kappa shape index (κ3) is 5.39. The van der Waals surface area contributed by atoms with E-state index in [0.29, 0.717) is 29.2 Å². The fourth-order valence-electron chi connectivity index (χ4n) is 2.99. The number of nitro groups is 1. The first-order valence-corrected chi connectivity index (χ1v) is 9.57. The number of aromatic nitrogens is 2. The Labute approximate surface area is 170 Å². The molecule has 0 atom stereocenters. The highest BCUT2D eigenvalue weighted by molar-refractivity contribution is 5.82. The highest BCUT2D eigenvalue weighted by atomic mass is 16.6. The molecule has 3 aromatic rings. The van der Waals surface area contributed by atoms with E-state index in [0.717, 1.165) is 19.5 Å². The quantitative estimate of drug-likeness (QED) is 0.323. The number of anilines is 2. The lowest BCUT2D eigenvalue weighted by molar-refractivity contribution is -0.384. The number of aryl methyl sites for hydroxylation is 1. The molecular formula is C21H26N6O2. The van der Waals surface area contributed by atoms with Gasteiger partial charge in [-0.05, 0) is 51.2 Å². The molecule has 8 heteroatoms. The lowest BCUT2D eigenvalue weighted by Gasteiger charge is -2.15. The second kappa shape index (κ2) is 9.29. The topological polar surface area (TPSA) is 96.2 Å². The summed E-state index contributed by atoms with van der Waals surface area (Å²) in [5.74, 6) is 1.24. The van der Waals surface area contributed by atoms with Crippen molar-refractivity contribution in [3.63, 3.8) is 0 Å². The van der Waals surface area contributed by atoms with Crippen molar-refractivity contribution < 1.29 is 4.92 Å². The van der Waals surface area contributed by atoms with Crippen LogP contribution >= 0.6 is 0 Å². The Balaban J connectivity index is 1.87. The van der Waals surface area contributed by atoms with Crippen molar-refractivity contribution >= 4 is 28.4 Å². The van der Waals surface area contributed by atoms with E-state index in [-0.39, 0.29) is 5.69 Å². The Kier molecular flexibility index (Phi) is 6.56. The monoisotopic (exact) mass is 394 g/mol. The van der Waals surface area contributed by atoms with E-state index in [1.165, 1.54) is 23.3 Å². The highest BCUT2D eigenvalue weighted by Gasteiger charge is 2.13. The summed E-state index contributed by atoms with van der Waals surface area (Å²) >= 11 is 0. The molecule has 2 N–H and O–H groups in total. The van der Waals surface area contributed by atoms with Gasteiger partial charge in [0.1, 0.15) is 0 Å². The van der Waals surface area contributed by atoms with Crippen LogP contribution in [0, 0.1) is 17.0 Å². The molecule has 0 aliphatic heterocycles. The summed E-state index contributed by atoms with van der Waals surface area (Å²) in [7, 11) is 4.06. The molecule has 0 bridgehead atoms. The largest absolute Gasteiger partial charge is 0.367 e. The van der Waals surface area contributed by atoms with Crippen molar-refractivity contribution in [2.75, 3.05) is 37.8 Å². The molecule has 0 amide bonds. The van der Waals surface area contributed by atoms with Gasteiger partial charge in [-0.15, -0.1) is 0 Å². The number of nitrogens with one attached hydrogen (secondary N) is 2. The standard InChI is InChI=1S/C21H26N6O2/c1-15-7-4-5-8-16(15)14-23-21-20(22-11-6-12-26(2)3)25-19-13-17(27(28)29)9-10-18(19)24-21/h4-5,7-10,13H,6,11-12,14H2,1-3H3,(H,22,25)(H,23,24). The highest BCUT2D eigenvalue weighted by Crippen LogP contribution is 2.25. The van der Waals surface area contributed by atoms with Crippen LogP contribution in [0.1, 0.15) is 17.5 Å². The van der Waals surface area contributed by atoms with Crippen LogP contribution in [0.5, 0.6) is 0 Å². The average molecular weight is 394 g/mol. The van der Waals surface area contributed by atoms with E-state index < -0.39 is 4.92 Å². The number of benzene rings is 2. The van der Waals surface area contributed by atoms with Crippen LogP contribution < -0.4 is 10.6 Å². The minimum Gasteiger partial charge on any atom is -0.367 e. The Morgan fingerprint density at radius 1 is 1.03 bits per heavy atom. The fourth-order valence-corrected chi connectivity index (χ4v) is 2.99. The second-order valence-electron chi connectivity index (χ2n) is 7.21. The van der Waals surface area contributed by atoms with Crippen molar-refractivity contribution in [3.05, 3.63) is 63.7 Å². The molecule has 2 aromatic carbocycles. The summed E-state index contributed by atoms with van der Waals surface area (Å²) < 4.78 is 0. The summed E-state index contributed by atoms with van der Waals surface area (Å²) in [5.41, 5.74) is 3.49. The van der Waals surface area contributed by atoms with E-state index in [1.54, 1.807) is 6.07 Å². The van der Waals surface area contributed by atoms with E-state index >= 15 is 0 Å². The fraction of sp³-hybridized carbons (Fsp3) is 0.333. The molecule has 0 unspecified atom stereocenters. The normalized spacial score (nSPS) is 11.0. The summed E-state index contributed by atoms with van der Waals surface area (Å²) in [4.78, 5) is 22.1. The van der Waals surface area contributed by atoms with E-state index in [1.807, 2.05) is 26.2 Å².